The maximum Gasteiger partial charge on any atom is 0.407 e. The minimum atomic E-state index is -3.94. The van der Waals surface area contributed by atoms with Crippen molar-refractivity contribution in [2.24, 2.45) is 0 Å². The number of amides is 1. The Morgan fingerprint density at radius 1 is 1.18 bits per heavy atom. The van der Waals surface area contributed by atoms with Crippen molar-refractivity contribution in [1.82, 2.24) is 10.0 Å². The molecule has 10 nitrogen and oxygen atoms in total. The number of carbonyl (C=O) groups excluding carboxylic acids is 1. The summed E-state index contributed by atoms with van der Waals surface area (Å²) in [6.45, 7) is 2.44. The Morgan fingerprint density at radius 3 is 2.61 bits per heavy atom. The van der Waals surface area contributed by atoms with Gasteiger partial charge in [0.05, 0.1) is 33.5 Å². The highest BCUT2D eigenvalue weighted by molar-refractivity contribution is 7.89. The van der Waals surface area contributed by atoms with Gasteiger partial charge in [0.2, 0.25) is 10.0 Å². The minimum absolute atomic E-state index is 0.0501. The molecule has 2 N–H and O–H groups in total. The summed E-state index contributed by atoms with van der Waals surface area (Å²) in [5.41, 5.74) is 0. The average molecular weight is 416 g/mol. The Labute approximate surface area is 163 Å². The number of fused-ring (bicyclic) bond motifs is 1. The number of methoxy groups -OCH3 is 2. The van der Waals surface area contributed by atoms with Gasteiger partial charge in [-0.2, -0.15) is 0 Å². The van der Waals surface area contributed by atoms with Crippen molar-refractivity contribution in [3.05, 3.63) is 18.2 Å². The van der Waals surface area contributed by atoms with Crippen LogP contribution >= 0.6 is 0 Å². The Bertz CT molecular complexity index is 815. The van der Waals surface area contributed by atoms with Gasteiger partial charge in [-0.25, -0.2) is 17.9 Å². The van der Waals surface area contributed by atoms with Crippen LogP contribution in [-0.2, 0) is 24.2 Å². The van der Waals surface area contributed by atoms with Gasteiger partial charge in [0, 0.05) is 12.6 Å². The van der Waals surface area contributed by atoms with E-state index < -0.39 is 40.5 Å². The molecule has 0 spiro atoms. The van der Waals surface area contributed by atoms with Crippen molar-refractivity contribution in [3.63, 3.8) is 0 Å². The fourth-order valence-corrected chi connectivity index (χ4v) is 4.66. The molecule has 28 heavy (non-hydrogen) atoms. The second-order valence-corrected chi connectivity index (χ2v) is 8.00. The van der Waals surface area contributed by atoms with Gasteiger partial charge < -0.3 is 29.0 Å². The van der Waals surface area contributed by atoms with Crippen LogP contribution in [0.3, 0.4) is 0 Å². The van der Waals surface area contributed by atoms with Gasteiger partial charge in [-0.3, -0.25) is 0 Å². The number of nitrogens with one attached hydrogen (secondary N) is 2. The van der Waals surface area contributed by atoms with E-state index in [0.29, 0.717) is 12.3 Å². The van der Waals surface area contributed by atoms with E-state index in [0.717, 1.165) is 0 Å². The molecule has 1 amide bonds. The third-order valence-corrected chi connectivity index (χ3v) is 6.07. The van der Waals surface area contributed by atoms with Crippen molar-refractivity contribution < 1.29 is 36.9 Å². The Hall–Kier alpha value is -2.08. The number of rotatable bonds is 7. The van der Waals surface area contributed by atoms with Crippen molar-refractivity contribution >= 4 is 16.1 Å². The monoisotopic (exact) mass is 416 g/mol. The van der Waals surface area contributed by atoms with E-state index in [4.69, 9.17) is 23.7 Å². The van der Waals surface area contributed by atoms with Gasteiger partial charge in [-0.15, -0.1) is 0 Å². The zero-order valence-electron chi connectivity index (χ0n) is 15.8. The highest BCUT2D eigenvalue weighted by atomic mass is 32.2. The zero-order chi connectivity index (χ0) is 20.3. The molecule has 0 unspecified atom stereocenters. The number of sulfonamides is 1. The molecule has 3 rings (SSSR count). The lowest BCUT2D eigenvalue weighted by Gasteiger charge is -2.19. The normalized spacial score (nSPS) is 26.5. The molecule has 0 saturated carbocycles. The third-order valence-electron chi connectivity index (χ3n) is 4.55. The molecule has 11 heteroatoms. The molecule has 2 heterocycles. The Balaban J connectivity index is 1.72. The molecule has 0 bridgehead atoms. The average Bonchev–Trinajstić information content (AvgIpc) is 3.25. The SMILES string of the molecule is CCNC(=O)O[C@H]1CO[C@@H]2[C@@H]1OC[C@@H]2NS(=O)(=O)c1cc(OC)ccc1OC. The van der Waals surface area contributed by atoms with Gasteiger partial charge in [-0.05, 0) is 19.1 Å². The molecule has 2 saturated heterocycles. The van der Waals surface area contributed by atoms with Crippen LogP contribution in [0.4, 0.5) is 4.79 Å². The molecule has 1 aromatic rings. The van der Waals surface area contributed by atoms with Gasteiger partial charge in [0.15, 0.2) is 6.10 Å². The quantitative estimate of drug-likeness (QED) is 0.649. The van der Waals surface area contributed by atoms with Gasteiger partial charge in [-0.1, -0.05) is 0 Å². The second kappa shape index (κ2) is 8.52. The molecular weight excluding hydrogens is 392 g/mol. The number of ether oxygens (including phenoxy) is 5. The first-order valence-electron chi connectivity index (χ1n) is 8.81. The van der Waals surface area contributed by atoms with Crippen LogP contribution in [0, 0.1) is 0 Å². The summed E-state index contributed by atoms with van der Waals surface area (Å²) in [4.78, 5) is 11.6. The lowest BCUT2D eigenvalue weighted by atomic mass is 10.1. The summed E-state index contributed by atoms with van der Waals surface area (Å²) < 4.78 is 55.3. The molecule has 4 atom stereocenters. The van der Waals surface area contributed by atoms with Crippen LogP contribution in [-0.4, -0.2) is 72.8 Å². The summed E-state index contributed by atoms with van der Waals surface area (Å²) in [7, 11) is -1.11. The van der Waals surface area contributed by atoms with Crippen LogP contribution in [0.5, 0.6) is 11.5 Å². The summed E-state index contributed by atoms with van der Waals surface area (Å²) in [5.74, 6) is 0.572. The molecule has 2 fully saturated rings. The van der Waals surface area contributed by atoms with Gasteiger partial charge >= 0.3 is 6.09 Å². The number of carbonyl (C=O) groups is 1. The first-order chi connectivity index (χ1) is 13.4. The largest absolute Gasteiger partial charge is 0.497 e. The molecule has 0 aliphatic carbocycles. The maximum absolute atomic E-state index is 12.9. The van der Waals surface area contributed by atoms with Crippen molar-refractivity contribution in [1.29, 1.82) is 0 Å². The van der Waals surface area contributed by atoms with Gasteiger partial charge in [0.25, 0.3) is 0 Å². The standard InChI is InChI=1S/C17H24N2O8S/c1-4-18-17(20)27-13-9-26-15-11(8-25-16(13)15)19-28(21,22)14-7-10(23-2)5-6-12(14)24-3/h5-7,11,13,15-16,19H,4,8-9H2,1-3H3,(H,18,20)/t11-,13-,15-,16+/m0/s1. The van der Waals surface area contributed by atoms with E-state index in [-0.39, 0.29) is 23.9 Å². The summed E-state index contributed by atoms with van der Waals surface area (Å²) in [6.07, 6.45) is -2.27. The van der Waals surface area contributed by atoms with E-state index in [1.807, 2.05) is 0 Å². The van der Waals surface area contributed by atoms with Crippen molar-refractivity contribution in [2.75, 3.05) is 34.0 Å². The number of hydrogen-bond acceptors (Lipinski definition) is 8. The lowest BCUT2D eigenvalue weighted by molar-refractivity contribution is 0.00428. The molecule has 0 aromatic heterocycles. The van der Waals surface area contributed by atoms with Crippen LogP contribution in [0.25, 0.3) is 0 Å². The molecule has 2 aliphatic heterocycles. The van der Waals surface area contributed by atoms with E-state index in [2.05, 4.69) is 10.0 Å². The molecule has 1 aromatic carbocycles. The Kier molecular flexibility index (Phi) is 6.28. The fourth-order valence-electron chi connectivity index (χ4n) is 3.25. The first kappa shape index (κ1) is 20.6. The summed E-state index contributed by atoms with van der Waals surface area (Å²) >= 11 is 0. The van der Waals surface area contributed by atoms with E-state index in [1.165, 1.54) is 26.4 Å². The molecule has 2 aliphatic rings. The molecule has 0 radical (unpaired) electrons. The first-order valence-corrected chi connectivity index (χ1v) is 10.3. The minimum Gasteiger partial charge on any atom is -0.497 e. The third kappa shape index (κ3) is 4.17. The Morgan fingerprint density at radius 2 is 1.93 bits per heavy atom. The maximum atomic E-state index is 12.9. The fraction of sp³-hybridized carbons (Fsp3) is 0.588. The van der Waals surface area contributed by atoms with Crippen LogP contribution in [0.15, 0.2) is 23.1 Å². The van der Waals surface area contributed by atoms with Gasteiger partial charge in [0.1, 0.15) is 28.6 Å². The van der Waals surface area contributed by atoms with Crippen molar-refractivity contribution in [3.8, 4) is 11.5 Å². The lowest BCUT2D eigenvalue weighted by Crippen LogP contribution is -2.44. The van der Waals surface area contributed by atoms with Crippen LogP contribution in [0.1, 0.15) is 6.92 Å². The topological polar surface area (TPSA) is 121 Å². The molecular formula is C17H24N2O8S. The highest BCUT2D eigenvalue weighted by Gasteiger charge is 2.50. The van der Waals surface area contributed by atoms with Crippen LogP contribution in [0.2, 0.25) is 0 Å². The highest BCUT2D eigenvalue weighted by Crippen LogP contribution is 2.32. The summed E-state index contributed by atoms with van der Waals surface area (Å²) in [5, 5.41) is 2.54. The van der Waals surface area contributed by atoms with Crippen LogP contribution < -0.4 is 19.5 Å². The van der Waals surface area contributed by atoms with E-state index in [1.54, 1.807) is 13.0 Å². The predicted octanol–water partition coefficient (Wildman–Crippen LogP) is 0.263. The van der Waals surface area contributed by atoms with Crippen molar-refractivity contribution in [2.45, 2.75) is 36.2 Å². The molecule has 156 valence electrons. The number of alkyl carbamates (subject to hydrolysis) is 1. The summed E-state index contributed by atoms with van der Waals surface area (Å²) in [6, 6.07) is 3.87. The number of benzene rings is 1. The second-order valence-electron chi connectivity index (χ2n) is 6.31. The smallest absolute Gasteiger partial charge is 0.407 e. The predicted molar refractivity (Wildman–Crippen MR) is 97.1 cm³/mol. The van der Waals surface area contributed by atoms with E-state index >= 15 is 0 Å². The number of hydrogen-bond donors (Lipinski definition) is 2. The van der Waals surface area contributed by atoms with E-state index in [9.17, 15) is 13.2 Å². The zero-order valence-corrected chi connectivity index (χ0v) is 16.7.